The fraction of sp³-hybridized carbons (Fsp3) is 0.278. The molecular formula is C18H19ClN4O3. The first-order valence-electron chi connectivity index (χ1n) is 8.16. The Morgan fingerprint density at radius 1 is 1.19 bits per heavy atom. The van der Waals surface area contributed by atoms with Gasteiger partial charge in [-0.25, -0.2) is 4.98 Å². The summed E-state index contributed by atoms with van der Waals surface area (Å²) < 4.78 is 5.13. The van der Waals surface area contributed by atoms with Crippen molar-refractivity contribution in [1.29, 1.82) is 0 Å². The molecule has 2 amide bonds. The summed E-state index contributed by atoms with van der Waals surface area (Å²) in [4.78, 5) is 30.8. The van der Waals surface area contributed by atoms with Gasteiger partial charge in [-0.05, 0) is 30.3 Å². The average Bonchev–Trinajstić information content (AvgIpc) is 2.68. The van der Waals surface area contributed by atoms with Crippen LogP contribution in [0.2, 0.25) is 5.02 Å². The molecule has 0 radical (unpaired) electrons. The Labute approximate surface area is 156 Å². The quantitative estimate of drug-likeness (QED) is 0.813. The largest absolute Gasteiger partial charge is 0.495 e. The maximum absolute atomic E-state index is 12.5. The molecular weight excluding hydrogens is 356 g/mol. The van der Waals surface area contributed by atoms with Crippen LogP contribution >= 0.6 is 11.6 Å². The summed E-state index contributed by atoms with van der Waals surface area (Å²) in [5.74, 6) is 0.473. The van der Waals surface area contributed by atoms with E-state index < -0.39 is 0 Å². The second-order valence-corrected chi connectivity index (χ2v) is 6.25. The van der Waals surface area contributed by atoms with E-state index in [0.717, 1.165) is 17.8 Å². The van der Waals surface area contributed by atoms with E-state index in [0.29, 0.717) is 42.6 Å². The van der Waals surface area contributed by atoms with Crippen molar-refractivity contribution in [3.8, 4) is 5.75 Å². The number of anilines is 2. The van der Waals surface area contributed by atoms with Crippen molar-refractivity contribution in [2.75, 3.05) is 38.6 Å². The van der Waals surface area contributed by atoms with Crippen LogP contribution in [0.3, 0.4) is 0 Å². The smallest absolute Gasteiger partial charge is 0.272 e. The van der Waals surface area contributed by atoms with E-state index in [-0.39, 0.29) is 5.91 Å². The minimum Gasteiger partial charge on any atom is -0.495 e. The van der Waals surface area contributed by atoms with Gasteiger partial charge in [0.15, 0.2) is 0 Å². The minimum atomic E-state index is -0.130. The predicted molar refractivity (Wildman–Crippen MR) is 99.1 cm³/mol. The van der Waals surface area contributed by atoms with Gasteiger partial charge in [0.2, 0.25) is 6.41 Å². The summed E-state index contributed by atoms with van der Waals surface area (Å²) in [7, 11) is 1.56. The highest BCUT2D eigenvalue weighted by Crippen LogP contribution is 2.28. The van der Waals surface area contributed by atoms with Crippen molar-refractivity contribution in [1.82, 2.24) is 14.8 Å². The van der Waals surface area contributed by atoms with Crippen molar-refractivity contribution in [3.63, 3.8) is 0 Å². The lowest BCUT2D eigenvalue weighted by atomic mass is 10.2. The summed E-state index contributed by atoms with van der Waals surface area (Å²) in [5.41, 5.74) is 1.91. The van der Waals surface area contributed by atoms with Gasteiger partial charge in [-0.2, -0.15) is 0 Å². The van der Waals surface area contributed by atoms with E-state index in [9.17, 15) is 9.59 Å². The van der Waals surface area contributed by atoms with Gasteiger partial charge in [-0.15, -0.1) is 0 Å². The topological polar surface area (TPSA) is 74.8 Å². The fourth-order valence-corrected chi connectivity index (χ4v) is 2.96. The van der Waals surface area contributed by atoms with E-state index in [1.165, 1.54) is 0 Å². The highest BCUT2D eigenvalue weighted by atomic mass is 35.5. The predicted octanol–water partition coefficient (Wildman–Crippen LogP) is 2.40. The standard InChI is InChI=1S/C18H19ClN4O3/c1-26-17-5-3-13(10-15(17)19)21-14-2-4-16(20-11-14)18(25)23-8-6-22(12-24)7-9-23/h2-5,10-12,21H,6-9H2,1H3. The molecule has 2 aromatic rings. The molecule has 0 spiro atoms. The van der Waals surface area contributed by atoms with E-state index in [1.807, 2.05) is 6.07 Å². The van der Waals surface area contributed by atoms with Crippen LogP contribution in [0.15, 0.2) is 36.5 Å². The van der Waals surface area contributed by atoms with Gasteiger partial charge in [0.05, 0.1) is 24.0 Å². The highest BCUT2D eigenvalue weighted by molar-refractivity contribution is 6.32. The van der Waals surface area contributed by atoms with Gasteiger partial charge in [0.25, 0.3) is 5.91 Å². The first-order chi connectivity index (χ1) is 12.6. The molecule has 1 fully saturated rings. The lowest BCUT2D eigenvalue weighted by Crippen LogP contribution is -2.48. The molecule has 26 heavy (non-hydrogen) atoms. The zero-order valence-electron chi connectivity index (χ0n) is 14.3. The molecule has 1 N–H and O–H groups in total. The second kappa shape index (κ2) is 8.05. The van der Waals surface area contributed by atoms with Gasteiger partial charge in [-0.3, -0.25) is 9.59 Å². The van der Waals surface area contributed by atoms with Crippen molar-refractivity contribution < 1.29 is 14.3 Å². The molecule has 1 aromatic heterocycles. The second-order valence-electron chi connectivity index (χ2n) is 5.84. The summed E-state index contributed by atoms with van der Waals surface area (Å²) in [6.07, 6.45) is 2.42. The fourth-order valence-electron chi connectivity index (χ4n) is 2.70. The Kier molecular flexibility index (Phi) is 5.58. The Balaban J connectivity index is 1.64. The van der Waals surface area contributed by atoms with Crippen LogP contribution in [0.4, 0.5) is 11.4 Å². The van der Waals surface area contributed by atoms with Crippen molar-refractivity contribution in [3.05, 3.63) is 47.2 Å². The molecule has 1 aromatic carbocycles. The molecule has 1 aliphatic rings. The van der Waals surface area contributed by atoms with Crippen LogP contribution < -0.4 is 10.1 Å². The Morgan fingerprint density at radius 2 is 1.92 bits per heavy atom. The number of benzene rings is 1. The van der Waals surface area contributed by atoms with Gasteiger partial charge in [-0.1, -0.05) is 11.6 Å². The normalized spacial score (nSPS) is 14.1. The zero-order valence-corrected chi connectivity index (χ0v) is 15.1. The third-order valence-electron chi connectivity index (χ3n) is 4.17. The summed E-state index contributed by atoms with van der Waals surface area (Å²) >= 11 is 6.11. The molecule has 2 heterocycles. The molecule has 136 valence electrons. The number of halogens is 1. The number of hydrogen-bond donors (Lipinski definition) is 1. The monoisotopic (exact) mass is 374 g/mol. The zero-order chi connectivity index (χ0) is 18.5. The minimum absolute atomic E-state index is 0.130. The number of nitrogens with zero attached hydrogens (tertiary/aromatic N) is 3. The third-order valence-corrected chi connectivity index (χ3v) is 4.47. The molecule has 0 atom stereocenters. The number of methoxy groups -OCH3 is 1. The number of nitrogens with one attached hydrogen (secondary N) is 1. The number of carbonyl (C=O) groups is 2. The molecule has 0 bridgehead atoms. The summed E-state index contributed by atoms with van der Waals surface area (Å²) in [5, 5.41) is 3.69. The van der Waals surface area contributed by atoms with Crippen LogP contribution in [0.25, 0.3) is 0 Å². The van der Waals surface area contributed by atoms with Crippen LogP contribution in [0.5, 0.6) is 5.75 Å². The van der Waals surface area contributed by atoms with Gasteiger partial charge < -0.3 is 19.9 Å². The molecule has 0 unspecified atom stereocenters. The summed E-state index contributed by atoms with van der Waals surface area (Å²) in [6, 6.07) is 8.85. The number of aromatic nitrogens is 1. The average molecular weight is 375 g/mol. The van der Waals surface area contributed by atoms with Gasteiger partial charge >= 0.3 is 0 Å². The molecule has 7 nitrogen and oxygen atoms in total. The van der Waals surface area contributed by atoms with E-state index in [1.54, 1.807) is 47.4 Å². The molecule has 8 heteroatoms. The van der Waals surface area contributed by atoms with Gasteiger partial charge in [0.1, 0.15) is 11.4 Å². The molecule has 0 aliphatic carbocycles. The Morgan fingerprint density at radius 3 is 2.50 bits per heavy atom. The van der Waals surface area contributed by atoms with Crippen molar-refractivity contribution in [2.24, 2.45) is 0 Å². The Hall–Kier alpha value is -2.80. The van der Waals surface area contributed by atoms with Crippen LogP contribution in [-0.2, 0) is 4.79 Å². The van der Waals surface area contributed by atoms with E-state index in [4.69, 9.17) is 16.3 Å². The summed E-state index contributed by atoms with van der Waals surface area (Å²) in [6.45, 7) is 2.13. The maximum atomic E-state index is 12.5. The molecule has 1 aliphatic heterocycles. The molecule has 3 rings (SSSR count). The molecule has 1 saturated heterocycles. The SMILES string of the molecule is COc1ccc(Nc2ccc(C(=O)N3CCN(C=O)CC3)nc2)cc1Cl. The van der Waals surface area contributed by atoms with E-state index in [2.05, 4.69) is 10.3 Å². The maximum Gasteiger partial charge on any atom is 0.272 e. The van der Waals surface area contributed by atoms with E-state index >= 15 is 0 Å². The first kappa shape index (κ1) is 18.0. The number of pyridine rings is 1. The van der Waals surface area contributed by atoms with Crippen molar-refractivity contribution >= 4 is 35.3 Å². The lowest BCUT2D eigenvalue weighted by molar-refractivity contribution is -0.119. The molecule has 0 saturated carbocycles. The number of hydrogen-bond acceptors (Lipinski definition) is 5. The number of ether oxygens (including phenoxy) is 1. The number of amides is 2. The van der Waals surface area contributed by atoms with Crippen LogP contribution in [0, 0.1) is 0 Å². The van der Waals surface area contributed by atoms with Crippen LogP contribution in [0.1, 0.15) is 10.5 Å². The number of carbonyl (C=O) groups excluding carboxylic acids is 2. The first-order valence-corrected chi connectivity index (χ1v) is 8.54. The highest BCUT2D eigenvalue weighted by Gasteiger charge is 2.22. The van der Waals surface area contributed by atoms with Gasteiger partial charge in [0, 0.05) is 31.9 Å². The number of rotatable bonds is 5. The van der Waals surface area contributed by atoms with Crippen LogP contribution in [-0.4, -0.2) is 60.4 Å². The number of piperazine rings is 1. The third kappa shape index (κ3) is 4.05. The van der Waals surface area contributed by atoms with Crippen molar-refractivity contribution in [2.45, 2.75) is 0 Å². The Bertz CT molecular complexity index is 790. The lowest BCUT2D eigenvalue weighted by Gasteiger charge is -2.32.